The van der Waals surface area contributed by atoms with Gasteiger partial charge in [0, 0.05) is 13.1 Å². The number of rotatable bonds is 0. The summed E-state index contributed by atoms with van der Waals surface area (Å²) in [6.45, 7) is 10.2. The van der Waals surface area contributed by atoms with Gasteiger partial charge in [0.2, 0.25) is 0 Å². The highest BCUT2D eigenvalue weighted by molar-refractivity contribution is 5.69. The first-order chi connectivity index (χ1) is 9.19. The Hall–Kier alpha value is -1.58. The molecule has 0 saturated heterocycles. The number of hydrogen-bond acceptors (Lipinski definition) is 2. The second-order valence-electron chi connectivity index (χ2n) is 6.43. The highest BCUT2D eigenvalue weighted by Gasteiger charge is 2.28. The molecule has 0 aliphatic carbocycles. The van der Waals surface area contributed by atoms with Crippen molar-refractivity contribution in [1.29, 1.82) is 0 Å². The fourth-order valence-electron chi connectivity index (χ4n) is 2.56. The predicted octanol–water partition coefficient (Wildman–Crippen LogP) is 3.74. The Labute approximate surface area is 119 Å². The van der Waals surface area contributed by atoms with Crippen LogP contribution in [0.25, 0.3) is 0 Å². The molecule has 0 bridgehead atoms. The molecule has 0 unspecified atom stereocenters. The number of benzene rings is 1. The summed E-state index contributed by atoms with van der Waals surface area (Å²) in [6.07, 6.45) is 0.215. The third-order valence-electron chi connectivity index (χ3n) is 3.52. The molecule has 0 atom stereocenters. The number of ether oxygens (including phenoxy) is 1. The molecule has 3 nitrogen and oxygen atoms in total. The lowest BCUT2D eigenvalue weighted by Crippen LogP contribution is -2.40. The van der Waals surface area contributed by atoms with Crippen LogP contribution in [0.3, 0.4) is 0 Å². The average Bonchev–Trinajstić information content (AvgIpc) is 2.33. The minimum Gasteiger partial charge on any atom is -0.444 e. The number of carbonyl (C=O) groups is 1. The van der Waals surface area contributed by atoms with E-state index in [0.29, 0.717) is 25.1 Å². The number of nitrogens with zero attached hydrogens (tertiary/aromatic N) is 1. The van der Waals surface area contributed by atoms with E-state index < -0.39 is 5.60 Å². The summed E-state index contributed by atoms with van der Waals surface area (Å²) in [5.74, 6) is -0.130. The van der Waals surface area contributed by atoms with Gasteiger partial charge in [0.15, 0.2) is 0 Å². The lowest BCUT2D eigenvalue weighted by Gasteiger charge is -2.32. The van der Waals surface area contributed by atoms with Crippen LogP contribution in [0.4, 0.5) is 9.18 Å². The summed E-state index contributed by atoms with van der Waals surface area (Å²) in [5.41, 5.74) is 2.87. The molecule has 0 aromatic heterocycles. The van der Waals surface area contributed by atoms with Crippen molar-refractivity contribution in [3.8, 4) is 0 Å². The van der Waals surface area contributed by atoms with Crippen LogP contribution < -0.4 is 0 Å². The Morgan fingerprint density at radius 2 is 1.90 bits per heavy atom. The molecular formula is C16H22FNO2. The van der Waals surface area contributed by atoms with Crippen molar-refractivity contribution < 1.29 is 13.9 Å². The molecule has 1 amide bonds. The molecule has 0 radical (unpaired) electrons. The fraction of sp³-hybridized carbons (Fsp3) is 0.562. The number of aryl methyl sites for hydroxylation is 2. The van der Waals surface area contributed by atoms with Gasteiger partial charge in [-0.15, -0.1) is 0 Å². The van der Waals surface area contributed by atoms with Gasteiger partial charge >= 0.3 is 6.09 Å². The molecule has 2 rings (SSSR count). The molecule has 1 aromatic rings. The van der Waals surface area contributed by atoms with E-state index in [0.717, 1.165) is 16.7 Å². The van der Waals surface area contributed by atoms with Crippen LogP contribution in [0.1, 0.15) is 43.0 Å². The number of hydrogen-bond donors (Lipinski definition) is 0. The van der Waals surface area contributed by atoms with Crippen molar-refractivity contribution in [3.05, 3.63) is 34.1 Å². The molecule has 1 aliphatic heterocycles. The van der Waals surface area contributed by atoms with Gasteiger partial charge in [0.25, 0.3) is 0 Å². The largest absolute Gasteiger partial charge is 0.444 e. The zero-order valence-corrected chi connectivity index (χ0v) is 12.8. The second kappa shape index (κ2) is 5.08. The molecule has 20 heavy (non-hydrogen) atoms. The number of halogens is 1. The van der Waals surface area contributed by atoms with Gasteiger partial charge in [-0.25, -0.2) is 9.18 Å². The molecule has 0 spiro atoms. The summed E-state index contributed by atoms with van der Waals surface area (Å²) in [5, 5.41) is 0. The third-order valence-corrected chi connectivity index (χ3v) is 3.52. The van der Waals surface area contributed by atoms with Gasteiger partial charge in [-0.05, 0) is 63.3 Å². The Balaban J connectivity index is 2.24. The predicted molar refractivity (Wildman–Crippen MR) is 76.2 cm³/mol. The Morgan fingerprint density at radius 3 is 2.50 bits per heavy atom. The minimum atomic E-state index is -0.509. The molecule has 0 saturated carbocycles. The van der Waals surface area contributed by atoms with Gasteiger partial charge in [-0.1, -0.05) is 6.07 Å². The van der Waals surface area contributed by atoms with Crippen molar-refractivity contribution in [2.24, 2.45) is 0 Å². The molecule has 0 N–H and O–H groups in total. The molecule has 110 valence electrons. The summed E-state index contributed by atoms with van der Waals surface area (Å²) in [4.78, 5) is 13.7. The smallest absolute Gasteiger partial charge is 0.410 e. The third kappa shape index (κ3) is 2.94. The Bertz CT molecular complexity index is 546. The van der Waals surface area contributed by atoms with E-state index in [2.05, 4.69) is 0 Å². The van der Waals surface area contributed by atoms with Crippen LogP contribution in [0.15, 0.2) is 6.07 Å². The van der Waals surface area contributed by atoms with Crippen LogP contribution in [-0.4, -0.2) is 23.1 Å². The van der Waals surface area contributed by atoms with E-state index in [-0.39, 0.29) is 11.9 Å². The Morgan fingerprint density at radius 1 is 1.25 bits per heavy atom. The average molecular weight is 279 g/mol. The topological polar surface area (TPSA) is 29.5 Å². The standard InChI is InChI=1S/C16H22FNO2/c1-10-8-11(2)14(17)12-6-7-18(9-13(10)12)15(19)20-16(3,4)5/h8H,6-7,9H2,1-5H3. The molecule has 1 aliphatic rings. The van der Waals surface area contributed by atoms with Crippen LogP contribution in [0.2, 0.25) is 0 Å². The van der Waals surface area contributed by atoms with Crippen molar-refractivity contribution in [2.75, 3.05) is 6.54 Å². The second-order valence-corrected chi connectivity index (χ2v) is 6.43. The molecule has 1 aromatic carbocycles. The Kier molecular flexibility index (Phi) is 3.76. The van der Waals surface area contributed by atoms with Gasteiger partial charge < -0.3 is 9.64 Å². The van der Waals surface area contributed by atoms with Gasteiger partial charge in [0.05, 0.1) is 0 Å². The van der Waals surface area contributed by atoms with Crippen molar-refractivity contribution in [3.63, 3.8) is 0 Å². The van der Waals surface area contributed by atoms with E-state index in [4.69, 9.17) is 4.74 Å². The summed E-state index contributed by atoms with van der Waals surface area (Å²) >= 11 is 0. The van der Waals surface area contributed by atoms with Crippen LogP contribution in [0, 0.1) is 19.7 Å². The summed E-state index contributed by atoms with van der Waals surface area (Å²) < 4.78 is 19.5. The first kappa shape index (κ1) is 14.8. The summed E-state index contributed by atoms with van der Waals surface area (Å²) in [6, 6.07) is 1.84. The monoisotopic (exact) mass is 279 g/mol. The van der Waals surface area contributed by atoms with E-state index in [1.165, 1.54) is 0 Å². The lowest BCUT2D eigenvalue weighted by atomic mass is 9.93. The maximum atomic E-state index is 14.1. The van der Waals surface area contributed by atoms with Crippen molar-refractivity contribution >= 4 is 6.09 Å². The van der Waals surface area contributed by atoms with Crippen LogP contribution in [0.5, 0.6) is 0 Å². The summed E-state index contributed by atoms with van der Waals surface area (Å²) in [7, 11) is 0. The minimum absolute atomic E-state index is 0.130. The SMILES string of the molecule is Cc1cc(C)c2c(c1F)CCN(C(=O)OC(C)(C)C)C2. The molecule has 4 heteroatoms. The molecule has 1 heterocycles. The van der Waals surface area contributed by atoms with Gasteiger partial charge in [-0.3, -0.25) is 0 Å². The first-order valence-corrected chi connectivity index (χ1v) is 6.94. The maximum Gasteiger partial charge on any atom is 0.410 e. The van der Waals surface area contributed by atoms with E-state index in [1.807, 2.05) is 33.8 Å². The first-order valence-electron chi connectivity index (χ1n) is 6.94. The van der Waals surface area contributed by atoms with E-state index in [1.54, 1.807) is 11.8 Å². The quantitative estimate of drug-likeness (QED) is 0.724. The maximum absolute atomic E-state index is 14.1. The number of amides is 1. The molecular weight excluding hydrogens is 257 g/mol. The fourth-order valence-corrected chi connectivity index (χ4v) is 2.56. The zero-order chi connectivity index (χ0) is 15.1. The van der Waals surface area contributed by atoms with E-state index in [9.17, 15) is 9.18 Å². The van der Waals surface area contributed by atoms with E-state index >= 15 is 0 Å². The highest BCUT2D eigenvalue weighted by Crippen LogP contribution is 2.28. The van der Waals surface area contributed by atoms with Gasteiger partial charge in [0.1, 0.15) is 11.4 Å². The van der Waals surface area contributed by atoms with Crippen molar-refractivity contribution in [2.45, 2.75) is 53.2 Å². The lowest BCUT2D eigenvalue weighted by molar-refractivity contribution is 0.0222. The van der Waals surface area contributed by atoms with Crippen molar-refractivity contribution in [1.82, 2.24) is 4.90 Å². The van der Waals surface area contributed by atoms with Gasteiger partial charge in [-0.2, -0.15) is 0 Å². The number of carbonyl (C=O) groups excluding carboxylic acids is 1. The normalized spacial score (nSPS) is 15.0. The number of fused-ring (bicyclic) bond motifs is 1. The van der Waals surface area contributed by atoms with Crippen LogP contribution >= 0.6 is 0 Å². The van der Waals surface area contributed by atoms with Crippen LogP contribution in [-0.2, 0) is 17.7 Å². The highest BCUT2D eigenvalue weighted by atomic mass is 19.1. The molecule has 0 fully saturated rings. The zero-order valence-electron chi connectivity index (χ0n) is 12.8.